The lowest BCUT2D eigenvalue weighted by atomic mass is 10.1. The number of rotatable bonds is 7. The van der Waals surface area contributed by atoms with Crippen LogP contribution in [-0.4, -0.2) is 57.3 Å². The summed E-state index contributed by atoms with van der Waals surface area (Å²) in [5, 5.41) is 16.8. The van der Waals surface area contributed by atoms with Crippen LogP contribution in [0.3, 0.4) is 0 Å². The summed E-state index contributed by atoms with van der Waals surface area (Å²) in [4.78, 5) is 31.5. The van der Waals surface area contributed by atoms with Gasteiger partial charge in [0, 0.05) is 24.1 Å². The van der Waals surface area contributed by atoms with Gasteiger partial charge < -0.3 is 24.6 Å². The fraction of sp³-hybridized carbons (Fsp3) is 0.304. The van der Waals surface area contributed by atoms with Crippen molar-refractivity contribution in [3.63, 3.8) is 0 Å². The van der Waals surface area contributed by atoms with Crippen LogP contribution in [0.1, 0.15) is 29.5 Å². The number of aliphatic hydroxyl groups excluding tert-OH is 1. The molecule has 2 atom stereocenters. The number of benzene rings is 2. The second kappa shape index (κ2) is 9.61. The monoisotopic (exact) mass is 436 g/mol. The van der Waals surface area contributed by atoms with E-state index in [2.05, 4.69) is 15.5 Å². The Hall–Kier alpha value is -3.72. The van der Waals surface area contributed by atoms with Gasteiger partial charge >= 0.3 is 0 Å². The smallest absolute Gasteiger partial charge is 0.257 e. The predicted molar refractivity (Wildman–Crippen MR) is 115 cm³/mol. The maximum absolute atomic E-state index is 13.0. The molecule has 3 aromatic rings. The highest BCUT2D eigenvalue weighted by Gasteiger charge is 2.39. The zero-order chi connectivity index (χ0) is 22.5. The molecule has 2 heterocycles. The van der Waals surface area contributed by atoms with E-state index in [1.165, 1.54) is 4.90 Å². The van der Waals surface area contributed by atoms with Crippen LogP contribution < -0.4 is 10.1 Å². The largest absolute Gasteiger partial charge is 0.494 e. The number of likely N-dealkylation sites (tertiary alicyclic amines) is 1. The van der Waals surface area contributed by atoms with Crippen molar-refractivity contribution >= 4 is 11.8 Å². The van der Waals surface area contributed by atoms with E-state index in [9.17, 15) is 14.7 Å². The normalized spacial score (nSPS) is 17.9. The lowest BCUT2D eigenvalue weighted by Gasteiger charge is -2.23. The summed E-state index contributed by atoms with van der Waals surface area (Å²) in [5.41, 5.74) is 1.18. The van der Waals surface area contributed by atoms with Crippen LogP contribution in [0.2, 0.25) is 0 Å². The minimum Gasteiger partial charge on any atom is -0.494 e. The topological polar surface area (TPSA) is 118 Å². The lowest BCUT2D eigenvalue weighted by Crippen LogP contribution is -2.45. The summed E-state index contributed by atoms with van der Waals surface area (Å²) in [7, 11) is 0. The van der Waals surface area contributed by atoms with Crippen LogP contribution in [0.15, 0.2) is 59.1 Å². The minimum atomic E-state index is -0.797. The Morgan fingerprint density at radius 1 is 1.22 bits per heavy atom. The lowest BCUT2D eigenvalue weighted by molar-refractivity contribution is -0.125. The average Bonchev–Trinajstić information content (AvgIpc) is 3.45. The molecule has 32 heavy (non-hydrogen) atoms. The predicted octanol–water partition coefficient (Wildman–Crippen LogP) is 2.03. The SMILES string of the molecule is CCOc1cccc(C(=O)N2CC(O)CC2C(=O)NCc2noc(-c3ccccc3)n2)c1. The second-order valence-electron chi connectivity index (χ2n) is 7.42. The molecule has 1 fully saturated rings. The minimum absolute atomic E-state index is 0.0453. The molecule has 166 valence electrons. The number of amides is 2. The van der Waals surface area contributed by atoms with Crippen LogP contribution in [0.5, 0.6) is 5.75 Å². The van der Waals surface area contributed by atoms with Crippen molar-refractivity contribution in [1.29, 1.82) is 0 Å². The summed E-state index contributed by atoms with van der Waals surface area (Å²) in [5.74, 6) is 0.525. The van der Waals surface area contributed by atoms with Crippen molar-refractivity contribution in [2.75, 3.05) is 13.2 Å². The van der Waals surface area contributed by atoms with Gasteiger partial charge in [0.15, 0.2) is 5.82 Å². The highest BCUT2D eigenvalue weighted by molar-refractivity contribution is 5.98. The Morgan fingerprint density at radius 3 is 2.81 bits per heavy atom. The fourth-order valence-electron chi connectivity index (χ4n) is 3.65. The van der Waals surface area contributed by atoms with E-state index in [0.717, 1.165) is 5.56 Å². The van der Waals surface area contributed by atoms with E-state index >= 15 is 0 Å². The molecular weight excluding hydrogens is 412 g/mol. The molecule has 2 unspecified atom stereocenters. The third-order valence-electron chi connectivity index (χ3n) is 5.14. The number of aliphatic hydroxyl groups is 1. The van der Waals surface area contributed by atoms with Crippen LogP contribution in [0.25, 0.3) is 11.5 Å². The molecule has 2 aromatic carbocycles. The van der Waals surface area contributed by atoms with Crippen molar-refractivity contribution in [1.82, 2.24) is 20.4 Å². The van der Waals surface area contributed by atoms with E-state index in [1.54, 1.807) is 24.3 Å². The van der Waals surface area contributed by atoms with Gasteiger partial charge in [-0.3, -0.25) is 9.59 Å². The van der Waals surface area contributed by atoms with E-state index < -0.39 is 12.1 Å². The molecule has 0 spiro atoms. The number of nitrogens with zero attached hydrogens (tertiary/aromatic N) is 3. The van der Waals surface area contributed by atoms with Crippen LogP contribution in [0.4, 0.5) is 0 Å². The third-order valence-corrected chi connectivity index (χ3v) is 5.14. The molecule has 4 rings (SSSR count). The number of hydrogen-bond donors (Lipinski definition) is 2. The molecular formula is C23H24N4O5. The molecule has 2 N–H and O–H groups in total. The number of nitrogens with one attached hydrogen (secondary N) is 1. The van der Waals surface area contributed by atoms with Gasteiger partial charge in [-0.05, 0) is 37.3 Å². The molecule has 9 heteroatoms. The van der Waals surface area contributed by atoms with E-state index in [-0.39, 0.29) is 31.3 Å². The number of β-amino-alcohol motifs (C(OH)–C–C–N with tert-alkyl or cyclic N) is 1. The molecule has 9 nitrogen and oxygen atoms in total. The summed E-state index contributed by atoms with van der Waals surface area (Å²) in [6, 6.07) is 15.3. The van der Waals surface area contributed by atoms with Crippen molar-refractivity contribution in [3.8, 4) is 17.2 Å². The molecule has 2 amide bonds. The first-order valence-electron chi connectivity index (χ1n) is 10.4. The Morgan fingerprint density at radius 2 is 2.03 bits per heavy atom. The maximum Gasteiger partial charge on any atom is 0.257 e. The first-order chi connectivity index (χ1) is 15.5. The fourth-order valence-corrected chi connectivity index (χ4v) is 3.65. The molecule has 1 saturated heterocycles. The summed E-state index contributed by atoms with van der Waals surface area (Å²) < 4.78 is 10.7. The van der Waals surface area contributed by atoms with Gasteiger partial charge in [-0.15, -0.1) is 0 Å². The number of aromatic nitrogens is 2. The molecule has 1 aliphatic rings. The van der Waals surface area contributed by atoms with Crippen molar-refractivity contribution in [2.24, 2.45) is 0 Å². The standard InChI is InChI=1S/C23H24N4O5/c1-2-31-18-10-6-9-16(11-18)23(30)27-14-17(28)12-19(27)21(29)24-13-20-25-22(32-26-20)15-7-4-3-5-8-15/h3-11,17,19,28H,2,12-14H2,1H3,(H,24,29). The average molecular weight is 436 g/mol. The second-order valence-corrected chi connectivity index (χ2v) is 7.42. The van der Waals surface area contributed by atoms with E-state index in [1.807, 2.05) is 37.3 Å². The third kappa shape index (κ3) is 4.78. The molecule has 0 bridgehead atoms. The van der Waals surface area contributed by atoms with Gasteiger partial charge in [0.1, 0.15) is 11.8 Å². The molecule has 1 aromatic heterocycles. The van der Waals surface area contributed by atoms with Gasteiger partial charge in [0.2, 0.25) is 5.91 Å². The summed E-state index contributed by atoms with van der Waals surface area (Å²) in [6.45, 7) is 2.46. The Labute approximate surface area is 185 Å². The van der Waals surface area contributed by atoms with E-state index in [0.29, 0.717) is 29.6 Å². The molecule has 1 aliphatic heterocycles. The summed E-state index contributed by atoms with van der Waals surface area (Å²) >= 11 is 0. The Balaban J connectivity index is 1.42. The molecule has 0 radical (unpaired) electrons. The Bertz CT molecular complexity index is 1080. The van der Waals surface area contributed by atoms with Crippen LogP contribution in [0, 0.1) is 0 Å². The maximum atomic E-state index is 13.0. The van der Waals surface area contributed by atoms with Crippen LogP contribution in [-0.2, 0) is 11.3 Å². The molecule has 0 saturated carbocycles. The van der Waals surface area contributed by atoms with Crippen molar-refractivity contribution in [3.05, 3.63) is 66.0 Å². The highest BCUT2D eigenvalue weighted by atomic mass is 16.5. The first-order valence-corrected chi connectivity index (χ1v) is 10.4. The van der Waals surface area contributed by atoms with Gasteiger partial charge in [-0.1, -0.05) is 29.4 Å². The van der Waals surface area contributed by atoms with Crippen LogP contribution >= 0.6 is 0 Å². The van der Waals surface area contributed by atoms with E-state index in [4.69, 9.17) is 9.26 Å². The van der Waals surface area contributed by atoms with Gasteiger partial charge in [-0.25, -0.2) is 0 Å². The number of carbonyl (C=O) groups is 2. The van der Waals surface area contributed by atoms with Crippen molar-refractivity contribution < 1.29 is 24.0 Å². The van der Waals surface area contributed by atoms with Gasteiger partial charge in [0.25, 0.3) is 11.8 Å². The zero-order valence-electron chi connectivity index (χ0n) is 17.6. The Kier molecular flexibility index (Phi) is 6.46. The van der Waals surface area contributed by atoms with Gasteiger partial charge in [0.05, 0.1) is 19.3 Å². The van der Waals surface area contributed by atoms with Crippen molar-refractivity contribution in [2.45, 2.75) is 32.0 Å². The highest BCUT2D eigenvalue weighted by Crippen LogP contribution is 2.23. The number of carbonyl (C=O) groups excluding carboxylic acids is 2. The first kappa shape index (κ1) is 21.5. The quantitative estimate of drug-likeness (QED) is 0.582. The van der Waals surface area contributed by atoms with Gasteiger partial charge in [-0.2, -0.15) is 4.98 Å². The molecule has 0 aliphatic carbocycles. The summed E-state index contributed by atoms with van der Waals surface area (Å²) in [6.07, 6.45) is -0.621. The number of ether oxygens (including phenoxy) is 1. The number of hydrogen-bond acceptors (Lipinski definition) is 7. The zero-order valence-corrected chi connectivity index (χ0v) is 17.6.